The Kier molecular flexibility index (Phi) is 4.29. The first-order valence-electron chi connectivity index (χ1n) is 7.51. The first kappa shape index (κ1) is 16.4. The van der Waals surface area contributed by atoms with Gasteiger partial charge in [0.15, 0.2) is 5.82 Å². The third-order valence-corrected chi connectivity index (χ3v) is 3.53. The first-order valence-corrected chi connectivity index (χ1v) is 7.51. The van der Waals surface area contributed by atoms with Crippen LogP contribution >= 0.6 is 0 Å². The molecule has 0 aliphatic rings. The maximum atomic E-state index is 11.7. The van der Waals surface area contributed by atoms with E-state index in [0.717, 1.165) is 11.3 Å². The van der Waals surface area contributed by atoms with E-state index in [0.29, 0.717) is 22.9 Å². The van der Waals surface area contributed by atoms with Crippen molar-refractivity contribution in [2.45, 2.75) is 13.8 Å². The van der Waals surface area contributed by atoms with Crippen LogP contribution < -0.4 is 16.4 Å². The predicted octanol–water partition coefficient (Wildman–Crippen LogP) is 1.83. The van der Waals surface area contributed by atoms with Gasteiger partial charge in [-0.25, -0.2) is 4.98 Å². The minimum absolute atomic E-state index is 0.135. The molecule has 0 aliphatic carbocycles. The van der Waals surface area contributed by atoms with Crippen LogP contribution in [0.15, 0.2) is 28.9 Å². The van der Waals surface area contributed by atoms with E-state index in [1.54, 1.807) is 26.1 Å². The smallest absolute Gasteiger partial charge is 0.263 e. The maximum Gasteiger partial charge on any atom is 0.263 e. The zero-order valence-corrected chi connectivity index (χ0v) is 14.0. The number of aryl methyl sites for hydroxylation is 2. The van der Waals surface area contributed by atoms with Crippen molar-refractivity contribution < 1.29 is 9.32 Å². The summed E-state index contributed by atoms with van der Waals surface area (Å²) >= 11 is 0. The molecule has 0 saturated heterocycles. The highest BCUT2D eigenvalue weighted by atomic mass is 16.5. The lowest BCUT2D eigenvalue weighted by Gasteiger charge is -2.09. The Balaban J connectivity index is 1.83. The maximum absolute atomic E-state index is 11.7. The minimum atomic E-state index is -0.135. The molecule has 2 aromatic heterocycles. The van der Waals surface area contributed by atoms with E-state index in [4.69, 9.17) is 10.3 Å². The van der Waals surface area contributed by atoms with E-state index in [-0.39, 0.29) is 17.6 Å². The van der Waals surface area contributed by atoms with Crippen molar-refractivity contribution in [3.05, 3.63) is 41.3 Å². The van der Waals surface area contributed by atoms with Crippen LogP contribution in [0.5, 0.6) is 0 Å². The molecule has 9 heteroatoms. The molecule has 9 nitrogen and oxygen atoms in total. The molecular weight excluding hydrogens is 322 g/mol. The van der Waals surface area contributed by atoms with Crippen LogP contribution in [-0.4, -0.2) is 33.1 Å². The van der Waals surface area contributed by atoms with Crippen LogP contribution in [0.2, 0.25) is 0 Å². The monoisotopic (exact) mass is 339 g/mol. The Morgan fingerprint density at radius 1 is 1.24 bits per heavy atom. The Morgan fingerprint density at radius 2 is 2.04 bits per heavy atom. The number of hydrogen-bond acceptors (Lipinski definition) is 8. The summed E-state index contributed by atoms with van der Waals surface area (Å²) < 4.78 is 5.07. The number of nitrogens with two attached hydrogens (primary N) is 1. The Labute approximate surface area is 143 Å². The lowest BCUT2D eigenvalue weighted by atomic mass is 10.1. The Bertz CT molecular complexity index is 936. The van der Waals surface area contributed by atoms with Gasteiger partial charge in [0.2, 0.25) is 5.95 Å². The fraction of sp³-hybridized carbons (Fsp3) is 0.188. The van der Waals surface area contributed by atoms with Gasteiger partial charge in [-0.2, -0.15) is 9.97 Å². The number of amides is 1. The molecule has 0 saturated carbocycles. The zero-order valence-electron chi connectivity index (χ0n) is 14.0. The molecule has 2 heterocycles. The lowest BCUT2D eigenvalue weighted by molar-refractivity contribution is 0.0962. The Morgan fingerprint density at radius 3 is 2.64 bits per heavy atom. The van der Waals surface area contributed by atoms with Gasteiger partial charge in [-0.05, 0) is 37.6 Å². The molecule has 3 rings (SSSR count). The summed E-state index contributed by atoms with van der Waals surface area (Å²) in [5.41, 5.74) is 8.60. The van der Waals surface area contributed by atoms with Crippen molar-refractivity contribution in [1.82, 2.24) is 25.4 Å². The molecule has 0 bridgehead atoms. The fourth-order valence-corrected chi connectivity index (χ4v) is 2.29. The van der Waals surface area contributed by atoms with Crippen molar-refractivity contribution in [2.75, 3.05) is 18.1 Å². The summed E-state index contributed by atoms with van der Waals surface area (Å²) in [6.07, 6.45) is 1.52. The van der Waals surface area contributed by atoms with Gasteiger partial charge >= 0.3 is 0 Å². The number of nitrogens with one attached hydrogen (secondary N) is 2. The SMILES string of the molecule is CNC(=O)c1ccc(Nc2ncc(-c3nc(C)no3)c(N)n2)cc1C. The molecule has 0 fully saturated rings. The number of nitrogens with zero attached hydrogens (tertiary/aromatic N) is 4. The van der Waals surface area contributed by atoms with Crippen LogP contribution in [0.1, 0.15) is 21.7 Å². The third-order valence-electron chi connectivity index (χ3n) is 3.53. The molecule has 3 aromatic rings. The predicted molar refractivity (Wildman–Crippen MR) is 92.3 cm³/mol. The standard InChI is InChI=1S/C16H17N7O2/c1-8-6-10(4-5-11(8)14(24)18-3)21-16-19-7-12(13(17)22-16)15-20-9(2)23-25-15/h4-7H,1-3H3,(H,18,24)(H3,17,19,21,22). The second-order valence-corrected chi connectivity index (χ2v) is 5.37. The van der Waals surface area contributed by atoms with Crippen LogP contribution in [0.4, 0.5) is 17.5 Å². The van der Waals surface area contributed by atoms with Gasteiger partial charge in [0.05, 0.1) is 0 Å². The number of nitrogen functional groups attached to an aromatic ring is 1. The second kappa shape index (κ2) is 6.56. The summed E-state index contributed by atoms with van der Waals surface area (Å²) in [4.78, 5) is 24.3. The van der Waals surface area contributed by atoms with E-state index in [2.05, 4.69) is 30.7 Å². The molecule has 1 aromatic carbocycles. The minimum Gasteiger partial charge on any atom is -0.383 e. The summed E-state index contributed by atoms with van der Waals surface area (Å²) in [5, 5.41) is 9.37. The van der Waals surface area contributed by atoms with Gasteiger partial charge in [-0.15, -0.1) is 0 Å². The summed E-state index contributed by atoms with van der Waals surface area (Å²) in [6.45, 7) is 3.57. The molecule has 0 radical (unpaired) electrons. The van der Waals surface area contributed by atoms with Crippen molar-refractivity contribution in [1.29, 1.82) is 0 Å². The van der Waals surface area contributed by atoms with Gasteiger partial charge in [0, 0.05) is 24.5 Å². The number of hydrogen-bond donors (Lipinski definition) is 3. The van der Waals surface area contributed by atoms with Crippen LogP contribution in [0.3, 0.4) is 0 Å². The van der Waals surface area contributed by atoms with Crippen LogP contribution in [0, 0.1) is 13.8 Å². The van der Waals surface area contributed by atoms with E-state index >= 15 is 0 Å². The van der Waals surface area contributed by atoms with Crippen molar-refractivity contribution in [2.24, 2.45) is 0 Å². The van der Waals surface area contributed by atoms with E-state index in [1.807, 2.05) is 13.0 Å². The average Bonchev–Trinajstić information content (AvgIpc) is 3.00. The van der Waals surface area contributed by atoms with Gasteiger partial charge in [-0.3, -0.25) is 4.79 Å². The number of benzene rings is 1. The van der Waals surface area contributed by atoms with Crippen molar-refractivity contribution >= 4 is 23.4 Å². The quantitative estimate of drug-likeness (QED) is 0.656. The van der Waals surface area contributed by atoms with Gasteiger partial charge in [0.25, 0.3) is 11.8 Å². The second-order valence-electron chi connectivity index (χ2n) is 5.37. The summed E-state index contributed by atoms with van der Waals surface area (Å²) in [6, 6.07) is 5.33. The molecule has 128 valence electrons. The molecule has 4 N–H and O–H groups in total. The number of aromatic nitrogens is 4. The summed E-state index contributed by atoms with van der Waals surface area (Å²) in [5.74, 6) is 1.18. The number of carbonyl (C=O) groups is 1. The third kappa shape index (κ3) is 3.39. The van der Waals surface area contributed by atoms with Crippen LogP contribution in [-0.2, 0) is 0 Å². The van der Waals surface area contributed by atoms with E-state index in [9.17, 15) is 4.79 Å². The largest absolute Gasteiger partial charge is 0.383 e. The lowest BCUT2D eigenvalue weighted by Crippen LogP contribution is -2.18. The highest BCUT2D eigenvalue weighted by Crippen LogP contribution is 2.24. The van der Waals surface area contributed by atoms with Gasteiger partial charge in [-0.1, -0.05) is 5.16 Å². The molecule has 25 heavy (non-hydrogen) atoms. The van der Waals surface area contributed by atoms with Gasteiger partial charge < -0.3 is 20.9 Å². The van der Waals surface area contributed by atoms with Crippen molar-refractivity contribution in [3.8, 4) is 11.5 Å². The molecule has 0 aliphatic heterocycles. The highest BCUT2D eigenvalue weighted by molar-refractivity contribution is 5.95. The van der Waals surface area contributed by atoms with E-state index < -0.39 is 0 Å². The van der Waals surface area contributed by atoms with Crippen LogP contribution in [0.25, 0.3) is 11.5 Å². The normalized spacial score (nSPS) is 10.5. The number of carbonyl (C=O) groups excluding carboxylic acids is 1. The molecule has 1 amide bonds. The summed E-state index contributed by atoms with van der Waals surface area (Å²) in [7, 11) is 1.59. The highest BCUT2D eigenvalue weighted by Gasteiger charge is 2.13. The Hall–Kier alpha value is -3.49. The molecular formula is C16H17N7O2. The average molecular weight is 339 g/mol. The van der Waals surface area contributed by atoms with E-state index in [1.165, 1.54) is 6.20 Å². The number of rotatable bonds is 4. The first-order chi connectivity index (χ1) is 12.0. The van der Waals surface area contributed by atoms with Gasteiger partial charge in [0.1, 0.15) is 11.4 Å². The molecule has 0 atom stereocenters. The number of anilines is 3. The fourth-order valence-electron chi connectivity index (χ4n) is 2.29. The van der Waals surface area contributed by atoms with Crippen molar-refractivity contribution in [3.63, 3.8) is 0 Å². The zero-order chi connectivity index (χ0) is 18.0. The molecule has 0 spiro atoms. The topological polar surface area (TPSA) is 132 Å². The molecule has 0 unspecified atom stereocenters.